The van der Waals surface area contributed by atoms with Crippen LogP contribution >= 0.6 is 0 Å². The van der Waals surface area contributed by atoms with E-state index in [1.165, 1.54) is 0 Å². The molecule has 1 aliphatic heterocycles. The van der Waals surface area contributed by atoms with Crippen molar-refractivity contribution in [3.8, 4) is 5.75 Å². The van der Waals surface area contributed by atoms with Crippen molar-refractivity contribution in [3.05, 3.63) is 24.3 Å². The monoisotopic (exact) mass is 277 g/mol. The predicted molar refractivity (Wildman–Crippen MR) is 78.3 cm³/mol. The summed E-state index contributed by atoms with van der Waals surface area (Å²) in [6.07, 6.45) is 2.12. The van der Waals surface area contributed by atoms with Crippen molar-refractivity contribution in [1.82, 2.24) is 0 Å². The van der Waals surface area contributed by atoms with Crippen LogP contribution in [0.4, 0.5) is 5.69 Å². The Morgan fingerprint density at radius 2 is 1.90 bits per heavy atom. The van der Waals surface area contributed by atoms with Crippen LogP contribution in [0.5, 0.6) is 5.75 Å². The summed E-state index contributed by atoms with van der Waals surface area (Å²) in [5.74, 6) is 0.989. The zero-order valence-electron chi connectivity index (χ0n) is 12.3. The largest absolute Gasteiger partial charge is 0.483 e. The van der Waals surface area contributed by atoms with Crippen LogP contribution in [0.3, 0.4) is 0 Å². The molecule has 110 valence electrons. The first-order valence-electron chi connectivity index (χ1n) is 7.52. The predicted octanol–water partition coefficient (Wildman–Crippen LogP) is 2.82. The number of fused-ring (bicyclic) bond motifs is 1. The maximum atomic E-state index is 6.14. The van der Waals surface area contributed by atoms with Gasteiger partial charge in [-0.15, -0.1) is 0 Å². The minimum Gasteiger partial charge on any atom is -0.483 e. The lowest BCUT2D eigenvalue weighted by atomic mass is 10.1. The van der Waals surface area contributed by atoms with Crippen LogP contribution in [0, 0.1) is 0 Å². The summed E-state index contributed by atoms with van der Waals surface area (Å²) in [5.41, 5.74) is 1.19. The van der Waals surface area contributed by atoms with Crippen LogP contribution < -0.4 is 9.64 Å². The molecule has 0 radical (unpaired) electrons. The average Bonchev–Trinajstić information content (AvgIpc) is 3.18. The van der Waals surface area contributed by atoms with E-state index in [9.17, 15) is 0 Å². The number of hydrogen-bond acceptors (Lipinski definition) is 4. The van der Waals surface area contributed by atoms with Crippen molar-refractivity contribution < 1.29 is 14.2 Å². The van der Waals surface area contributed by atoms with Crippen LogP contribution in [-0.2, 0) is 9.47 Å². The van der Waals surface area contributed by atoms with E-state index in [0.717, 1.165) is 37.4 Å². The molecule has 0 atom stereocenters. The molecule has 0 unspecified atom stereocenters. The summed E-state index contributed by atoms with van der Waals surface area (Å²) in [6, 6.07) is 8.24. The van der Waals surface area contributed by atoms with E-state index >= 15 is 0 Å². The van der Waals surface area contributed by atoms with Gasteiger partial charge in [-0.1, -0.05) is 12.1 Å². The molecular formula is C16H23NO3. The van der Waals surface area contributed by atoms with Crippen molar-refractivity contribution in [2.45, 2.75) is 38.6 Å². The Bertz CT molecular complexity index is 453. The van der Waals surface area contributed by atoms with Gasteiger partial charge in [0, 0.05) is 13.2 Å². The van der Waals surface area contributed by atoms with Gasteiger partial charge in [0.2, 0.25) is 0 Å². The van der Waals surface area contributed by atoms with Crippen LogP contribution in [0.2, 0.25) is 0 Å². The fraction of sp³-hybridized carbons (Fsp3) is 0.625. The van der Waals surface area contributed by atoms with Gasteiger partial charge < -0.3 is 19.1 Å². The SMILES string of the molecule is CCOC(CN1CC2(CC2)Oc2ccccc21)OCC. The van der Waals surface area contributed by atoms with Crippen LogP contribution in [0.25, 0.3) is 0 Å². The van der Waals surface area contributed by atoms with E-state index in [1.807, 2.05) is 19.9 Å². The Kier molecular flexibility index (Phi) is 3.85. The molecule has 1 fully saturated rings. The molecule has 1 heterocycles. The number of anilines is 1. The Balaban J connectivity index is 1.77. The second-order valence-electron chi connectivity index (χ2n) is 5.47. The maximum absolute atomic E-state index is 6.14. The Morgan fingerprint density at radius 1 is 1.20 bits per heavy atom. The topological polar surface area (TPSA) is 30.9 Å². The van der Waals surface area contributed by atoms with Crippen molar-refractivity contribution >= 4 is 5.69 Å². The molecule has 4 heteroatoms. The van der Waals surface area contributed by atoms with Gasteiger partial charge in [0.25, 0.3) is 0 Å². The van der Waals surface area contributed by atoms with Gasteiger partial charge in [-0.3, -0.25) is 0 Å². The van der Waals surface area contributed by atoms with Gasteiger partial charge in [0.05, 0.1) is 18.8 Å². The molecule has 0 aromatic heterocycles. The standard InChI is InChI=1S/C16H23NO3/c1-3-18-15(19-4-2)11-17-12-16(9-10-16)20-14-8-6-5-7-13(14)17/h5-8,15H,3-4,9-12H2,1-2H3. The van der Waals surface area contributed by atoms with Crippen molar-refractivity contribution in [1.29, 1.82) is 0 Å². The molecule has 1 saturated carbocycles. The Labute approximate surface area is 120 Å². The normalized spacial score (nSPS) is 19.1. The van der Waals surface area contributed by atoms with Gasteiger partial charge >= 0.3 is 0 Å². The molecule has 20 heavy (non-hydrogen) atoms. The lowest BCUT2D eigenvalue weighted by Crippen LogP contribution is -2.46. The quantitative estimate of drug-likeness (QED) is 0.748. The van der Waals surface area contributed by atoms with E-state index in [0.29, 0.717) is 13.2 Å². The molecular weight excluding hydrogens is 254 g/mol. The third kappa shape index (κ3) is 2.76. The first-order valence-corrected chi connectivity index (χ1v) is 7.52. The van der Waals surface area contributed by atoms with Gasteiger partial charge in [0.15, 0.2) is 6.29 Å². The molecule has 1 aromatic carbocycles. The van der Waals surface area contributed by atoms with E-state index < -0.39 is 0 Å². The third-order valence-corrected chi connectivity index (χ3v) is 3.89. The van der Waals surface area contributed by atoms with Crippen molar-refractivity contribution in [2.24, 2.45) is 0 Å². The van der Waals surface area contributed by atoms with E-state index in [4.69, 9.17) is 14.2 Å². The molecule has 4 nitrogen and oxygen atoms in total. The molecule has 0 bridgehead atoms. The molecule has 0 N–H and O–H groups in total. The maximum Gasteiger partial charge on any atom is 0.174 e. The molecule has 1 aromatic rings. The highest BCUT2D eigenvalue weighted by Crippen LogP contribution is 2.48. The fourth-order valence-electron chi connectivity index (χ4n) is 2.77. The second kappa shape index (κ2) is 5.62. The van der Waals surface area contributed by atoms with Crippen LogP contribution in [-0.4, -0.2) is 38.2 Å². The summed E-state index contributed by atoms with van der Waals surface area (Å²) in [5, 5.41) is 0. The van der Waals surface area contributed by atoms with Gasteiger partial charge in [-0.05, 0) is 38.8 Å². The lowest BCUT2D eigenvalue weighted by Gasteiger charge is -2.38. The van der Waals surface area contributed by atoms with Crippen LogP contribution in [0.1, 0.15) is 26.7 Å². The first-order chi connectivity index (χ1) is 9.76. The molecule has 3 rings (SSSR count). The van der Waals surface area contributed by atoms with Gasteiger partial charge in [-0.25, -0.2) is 0 Å². The summed E-state index contributed by atoms with van der Waals surface area (Å²) < 4.78 is 17.5. The molecule has 1 spiro atoms. The number of hydrogen-bond donors (Lipinski definition) is 0. The Hall–Kier alpha value is -1.26. The number of para-hydroxylation sites is 2. The third-order valence-electron chi connectivity index (χ3n) is 3.89. The minimum atomic E-state index is -0.174. The number of ether oxygens (including phenoxy) is 3. The summed E-state index contributed by atoms with van der Waals surface area (Å²) in [4.78, 5) is 2.35. The highest BCUT2D eigenvalue weighted by molar-refractivity contribution is 5.61. The molecule has 0 amide bonds. The summed E-state index contributed by atoms with van der Waals surface area (Å²) in [7, 11) is 0. The van der Waals surface area contributed by atoms with E-state index in [-0.39, 0.29) is 11.9 Å². The Morgan fingerprint density at radius 3 is 2.55 bits per heavy atom. The zero-order valence-corrected chi connectivity index (χ0v) is 12.3. The molecule has 0 saturated heterocycles. The van der Waals surface area contributed by atoms with E-state index in [1.54, 1.807) is 0 Å². The van der Waals surface area contributed by atoms with E-state index in [2.05, 4.69) is 23.1 Å². The average molecular weight is 277 g/mol. The number of rotatable bonds is 6. The molecule has 2 aliphatic rings. The highest BCUT2D eigenvalue weighted by atomic mass is 16.7. The van der Waals surface area contributed by atoms with Crippen molar-refractivity contribution in [3.63, 3.8) is 0 Å². The van der Waals surface area contributed by atoms with Crippen LogP contribution in [0.15, 0.2) is 24.3 Å². The second-order valence-corrected chi connectivity index (χ2v) is 5.47. The summed E-state index contributed by atoms with van der Waals surface area (Å²) in [6.45, 7) is 7.03. The first kappa shape index (κ1) is 13.7. The smallest absolute Gasteiger partial charge is 0.174 e. The minimum absolute atomic E-state index is 0.0390. The van der Waals surface area contributed by atoms with Gasteiger partial charge in [-0.2, -0.15) is 0 Å². The fourth-order valence-corrected chi connectivity index (χ4v) is 2.77. The summed E-state index contributed by atoms with van der Waals surface area (Å²) >= 11 is 0. The van der Waals surface area contributed by atoms with Crippen molar-refractivity contribution in [2.75, 3.05) is 31.2 Å². The number of nitrogens with zero attached hydrogens (tertiary/aromatic N) is 1. The lowest BCUT2D eigenvalue weighted by molar-refractivity contribution is -0.130. The van der Waals surface area contributed by atoms with Gasteiger partial charge in [0.1, 0.15) is 11.4 Å². The number of benzene rings is 1. The highest BCUT2D eigenvalue weighted by Gasteiger charge is 2.50. The molecule has 1 aliphatic carbocycles. The zero-order chi connectivity index (χ0) is 14.0.